The predicted octanol–water partition coefficient (Wildman–Crippen LogP) is 5.47. The van der Waals surface area contributed by atoms with Gasteiger partial charge in [-0.1, -0.05) is 18.2 Å². The number of carbonyl (C=O) groups excluding carboxylic acids is 1. The molecule has 0 saturated heterocycles. The molecule has 10 nitrogen and oxygen atoms in total. The number of nitro groups is 1. The minimum absolute atomic E-state index is 0.194. The highest BCUT2D eigenvalue weighted by Gasteiger charge is 2.18. The largest absolute Gasteiger partial charge is 0.455 e. The monoisotopic (exact) mass is 480 g/mol. The lowest BCUT2D eigenvalue weighted by atomic mass is 10.0. The number of aromatic nitrogens is 4. The number of carbonyl (C=O) groups is 1. The van der Waals surface area contributed by atoms with E-state index in [1.165, 1.54) is 24.4 Å². The molecule has 0 unspecified atom stereocenters. The van der Waals surface area contributed by atoms with Gasteiger partial charge in [0.2, 0.25) is 0 Å². The van der Waals surface area contributed by atoms with E-state index in [1.807, 2.05) is 31.3 Å². The zero-order valence-electron chi connectivity index (χ0n) is 19.2. The van der Waals surface area contributed by atoms with Gasteiger partial charge in [-0.15, -0.1) is 0 Å². The summed E-state index contributed by atoms with van der Waals surface area (Å²) in [7, 11) is 0. The van der Waals surface area contributed by atoms with Crippen LogP contribution in [0.1, 0.15) is 17.3 Å². The quantitative estimate of drug-likeness (QED) is 0.242. The van der Waals surface area contributed by atoms with Crippen LogP contribution in [0.25, 0.3) is 22.2 Å². The van der Waals surface area contributed by atoms with Gasteiger partial charge < -0.3 is 10.1 Å². The lowest BCUT2D eigenvalue weighted by Gasteiger charge is -2.11. The molecule has 0 atom stereocenters. The molecule has 178 valence electrons. The second-order valence-electron chi connectivity index (χ2n) is 7.87. The molecule has 3 heterocycles. The number of rotatable bonds is 7. The first-order valence-corrected chi connectivity index (χ1v) is 11.1. The highest BCUT2D eigenvalue weighted by molar-refractivity contribution is 6.13. The lowest BCUT2D eigenvalue weighted by molar-refractivity contribution is -0.384. The van der Waals surface area contributed by atoms with Crippen LogP contribution in [-0.4, -0.2) is 30.6 Å². The molecule has 1 amide bonds. The van der Waals surface area contributed by atoms with Crippen molar-refractivity contribution in [2.24, 2.45) is 0 Å². The van der Waals surface area contributed by atoms with Gasteiger partial charge in [0.25, 0.3) is 11.6 Å². The Bertz CT molecular complexity index is 1580. The number of hydrogen-bond acceptors (Lipinski definition) is 7. The van der Waals surface area contributed by atoms with Crippen LogP contribution in [0, 0.1) is 10.1 Å². The molecule has 0 radical (unpaired) electrons. The van der Waals surface area contributed by atoms with Gasteiger partial charge in [-0.25, -0.2) is 4.98 Å². The van der Waals surface area contributed by atoms with E-state index in [2.05, 4.69) is 15.4 Å². The van der Waals surface area contributed by atoms with Gasteiger partial charge in [-0.2, -0.15) is 5.10 Å². The van der Waals surface area contributed by atoms with Crippen molar-refractivity contribution in [1.29, 1.82) is 0 Å². The topological polar surface area (TPSA) is 125 Å². The summed E-state index contributed by atoms with van der Waals surface area (Å²) in [4.78, 5) is 33.1. The number of benzene rings is 2. The normalized spacial score (nSPS) is 10.8. The van der Waals surface area contributed by atoms with E-state index >= 15 is 0 Å². The Balaban J connectivity index is 1.52. The molecule has 0 saturated carbocycles. The van der Waals surface area contributed by atoms with E-state index in [-0.39, 0.29) is 17.1 Å². The fourth-order valence-electron chi connectivity index (χ4n) is 3.74. The standard InChI is InChI=1S/C26H20N6O4/c1-2-31-16-17(14-28-31)25-13-23(22-7-3-4-8-24(22)30-25)26(33)29-18-10-19(32(34)35)12-21(11-18)36-20-6-5-9-27-15-20/h3-16H,2H2,1H3,(H,29,33). The molecule has 1 N–H and O–H groups in total. The highest BCUT2D eigenvalue weighted by atomic mass is 16.6. The molecule has 36 heavy (non-hydrogen) atoms. The molecule has 2 aromatic carbocycles. The van der Waals surface area contributed by atoms with Gasteiger partial charge in [-0.3, -0.25) is 24.6 Å². The first-order valence-electron chi connectivity index (χ1n) is 11.1. The number of pyridine rings is 2. The number of nitrogens with one attached hydrogen (secondary N) is 1. The number of non-ortho nitro benzene ring substituents is 1. The van der Waals surface area contributed by atoms with Gasteiger partial charge in [0.15, 0.2) is 0 Å². The number of para-hydroxylation sites is 1. The molecule has 5 aromatic rings. The van der Waals surface area contributed by atoms with Crippen molar-refractivity contribution in [3.05, 3.63) is 101 Å². The zero-order chi connectivity index (χ0) is 25.1. The van der Waals surface area contributed by atoms with E-state index in [0.29, 0.717) is 34.5 Å². The van der Waals surface area contributed by atoms with Crippen molar-refractivity contribution in [2.45, 2.75) is 13.5 Å². The van der Waals surface area contributed by atoms with E-state index in [0.717, 1.165) is 5.56 Å². The molecular weight excluding hydrogens is 460 g/mol. The molecule has 5 rings (SSSR count). The van der Waals surface area contributed by atoms with E-state index in [1.54, 1.807) is 41.3 Å². The Kier molecular flexibility index (Phi) is 6.06. The second-order valence-corrected chi connectivity index (χ2v) is 7.87. The molecule has 0 aliphatic heterocycles. The zero-order valence-corrected chi connectivity index (χ0v) is 19.2. The van der Waals surface area contributed by atoms with E-state index < -0.39 is 10.8 Å². The van der Waals surface area contributed by atoms with Gasteiger partial charge in [0.1, 0.15) is 11.5 Å². The highest BCUT2D eigenvalue weighted by Crippen LogP contribution is 2.31. The van der Waals surface area contributed by atoms with E-state index in [9.17, 15) is 14.9 Å². The Morgan fingerprint density at radius 1 is 1.08 bits per heavy atom. The van der Waals surface area contributed by atoms with Crippen LogP contribution in [0.15, 0.2) is 85.5 Å². The molecule has 0 bridgehead atoms. The summed E-state index contributed by atoms with van der Waals surface area (Å²) in [6.45, 7) is 2.69. The van der Waals surface area contributed by atoms with Crippen LogP contribution in [0.4, 0.5) is 11.4 Å². The average Bonchev–Trinajstić information content (AvgIpc) is 3.38. The van der Waals surface area contributed by atoms with E-state index in [4.69, 9.17) is 9.72 Å². The van der Waals surface area contributed by atoms with Gasteiger partial charge in [0.05, 0.1) is 45.8 Å². The number of ether oxygens (including phenoxy) is 1. The minimum atomic E-state index is -0.545. The summed E-state index contributed by atoms with van der Waals surface area (Å²) in [5.74, 6) is 0.165. The second kappa shape index (κ2) is 9.63. The number of amides is 1. The number of nitro benzene ring substituents is 1. The minimum Gasteiger partial charge on any atom is -0.455 e. The van der Waals surface area contributed by atoms with Crippen molar-refractivity contribution in [3.8, 4) is 22.8 Å². The third kappa shape index (κ3) is 4.73. The number of anilines is 1. The maximum atomic E-state index is 13.4. The SMILES string of the molecule is CCn1cc(-c2cc(C(=O)Nc3cc(Oc4cccnc4)cc([N+](=O)[O-])c3)c3ccccc3n2)cn1. The van der Waals surface area contributed by atoms with Crippen LogP contribution in [0.3, 0.4) is 0 Å². The number of aryl methyl sites for hydroxylation is 1. The third-order valence-electron chi connectivity index (χ3n) is 5.44. The van der Waals surface area contributed by atoms with Crippen molar-refractivity contribution >= 4 is 28.2 Å². The number of hydrogen-bond donors (Lipinski definition) is 1. The average molecular weight is 480 g/mol. The van der Waals surface area contributed by atoms with Crippen LogP contribution in [0.5, 0.6) is 11.5 Å². The Hall–Kier alpha value is -5.12. The number of fused-ring (bicyclic) bond motifs is 1. The smallest absolute Gasteiger partial charge is 0.275 e. The summed E-state index contributed by atoms with van der Waals surface area (Å²) in [6.07, 6.45) is 6.64. The first-order chi connectivity index (χ1) is 17.5. The predicted molar refractivity (Wildman–Crippen MR) is 134 cm³/mol. The molecular formula is C26H20N6O4. The lowest BCUT2D eigenvalue weighted by Crippen LogP contribution is -2.13. The van der Waals surface area contributed by atoms with Crippen molar-refractivity contribution < 1.29 is 14.5 Å². The molecule has 3 aromatic heterocycles. The Labute approximate surface area is 205 Å². The maximum absolute atomic E-state index is 13.4. The number of nitrogens with zero attached hydrogens (tertiary/aromatic N) is 5. The molecule has 0 spiro atoms. The third-order valence-corrected chi connectivity index (χ3v) is 5.44. The summed E-state index contributed by atoms with van der Waals surface area (Å²) in [5, 5.41) is 19.3. The van der Waals surface area contributed by atoms with Crippen LogP contribution in [0.2, 0.25) is 0 Å². The van der Waals surface area contributed by atoms with Crippen molar-refractivity contribution in [1.82, 2.24) is 19.7 Å². The summed E-state index contributed by atoms with van der Waals surface area (Å²) < 4.78 is 7.50. The van der Waals surface area contributed by atoms with Crippen molar-refractivity contribution in [2.75, 3.05) is 5.32 Å². The van der Waals surface area contributed by atoms with Gasteiger partial charge >= 0.3 is 0 Å². The Morgan fingerprint density at radius 3 is 2.69 bits per heavy atom. The fraction of sp³-hybridized carbons (Fsp3) is 0.0769. The maximum Gasteiger partial charge on any atom is 0.275 e. The van der Waals surface area contributed by atoms with Crippen molar-refractivity contribution in [3.63, 3.8) is 0 Å². The summed E-state index contributed by atoms with van der Waals surface area (Å²) in [6, 6.07) is 16.4. The molecule has 0 aliphatic carbocycles. The fourth-order valence-corrected chi connectivity index (χ4v) is 3.74. The summed E-state index contributed by atoms with van der Waals surface area (Å²) >= 11 is 0. The molecule has 0 fully saturated rings. The summed E-state index contributed by atoms with van der Waals surface area (Å²) in [5.41, 5.74) is 2.38. The van der Waals surface area contributed by atoms with Crippen LogP contribution in [-0.2, 0) is 6.54 Å². The van der Waals surface area contributed by atoms with Crippen LogP contribution >= 0.6 is 0 Å². The van der Waals surface area contributed by atoms with Crippen LogP contribution < -0.4 is 10.1 Å². The van der Waals surface area contributed by atoms with Gasteiger partial charge in [-0.05, 0) is 31.2 Å². The molecule has 0 aliphatic rings. The van der Waals surface area contributed by atoms with Gasteiger partial charge in [0, 0.05) is 42.0 Å². The Morgan fingerprint density at radius 2 is 1.94 bits per heavy atom. The first kappa shape index (κ1) is 22.7. The molecule has 10 heteroatoms.